The van der Waals surface area contributed by atoms with Gasteiger partial charge >= 0.3 is 5.97 Å². The summed E-state index contributed by atoms with van der Waals surface area (Å²) in [6.45, 7) is 4.74. The van der Waals surface area contributed by atoms with Gasteiger partial charge in [-0.3, -0.25) is 9.59 Å². The number of fused-ring (bicyclic) bond motifs is 4. The Morgan fingerprint density at radius 1 is 1.00 bits per heavy atom. The molecule has 4 nitrogen and oxygen atoms in total. The van der Waals surface area contributed by atoms with Crippen LogP contribution in [0.4, 0.5) is 0 Å². The summed E-state index contributed by atoms with van der Waals surface area (Å²) < 4.78 is 12.6. The van der Waals surface area contributed by atoms with Gasteiger partial charge in [-0.05, 0) is 62.9 Å². The van der Waals surface area contributed by atoms with Crippen LogP contribution < -0.4 is 0 Å². The fourth-order valence-electron chi connectivity index (χ4n) is 8.30. The number of hydrogen-bond acceptors (Lipinski definition) is 4. The SMILES string of the molecule is CC12CC3O[C@@]34C(CCC3=CC(=O)CCC34C)C1CC[C@@]21CCC(=O)O1. The van der Waals surface area contributed by atoms with Crippen LogP contribution in [0.2, 0.25) is 0 Å². The van der Waals surface area contributed by atoms with Crippen LogP contribution in [0.25, 0.3) is 0 Å². The van der Waals surface area contributed by atoms with Crippen molar-refractivity contribution in [1.29, 1.82) is 0 Å². The molecule has 2 saturated heterocycles. The Kier molecular flexibility index (Phi) is 2.72. The van der Waals surface area contributed by atoms with E-state index in [1.807, 2.05) is 6.08 Å². The van der Waals surface area contributed by atoms with E-state index in [1.165, 1.54) is 5.57 Å². The van der Waals surface area contributed by atoms with E-state index in [1.54, 1.807) is 0 Å². The average molecular weight is 356 g/mol. The topological polar surface area (TPSA) is 55.9 Å². The summed E-state index contributed by atoms with van der Waals surface area (Å²) in [5.74, 6) is 1.40. The lowest BCUT2D eigenvalue weighted by atomic mass is 9.46. The summed E-state index contributed by atoms with van der Waals surface area (Å²) >= 11 is 0. The molecule has 0 N–H and O–H groups in total. The van der Waals surface area contributed by atoms with E-state index < -0.39 is 0 Å². The van der Waals surface area contributed by atoms with Gasteiger partial charge in [0.2, 0.25) is 0 Å². The third-order valence-electron chi connectivity index (χ3n) is 9.67. The second-order valence-corrected chi connectivity index (χ2v) is 10.2. The zero-order valence-corrected chi connectivity index (χ0v) is 15.8. The van der Waals surface area contributed by atoms with Crippen molar-refractivity contribution in [3.63, 3.8) is 0 Å². The van der Waals surface area contributed by atoms with Crippen molar-refractivity contribution < 1.29 is 19.1 Å². The summed E-state index contributed by atoms with van der Waals surface area (Å²) in [6.07, 6.45) is 10.6. The van der Waals surface area contributed by atoms with Crippen molar-refractivity contribution in [3.05, 3.63) is 11.6 Å². The van der Waals surface area contributed by atoms with E-state index in [9.17, 15) is 9.59 Å². The molecule has 26 heavy (non-hydrogen) atoms. The first-order valence-electron chi connectivity index (χ1n) is 10.5. The molecule has 0 aromatic heterocycles. The number of ether oxygens (including phenoxy) is 2. The Morgan fingerprint density at radius 3 is 2.62 bits per heavy atom. The minimum Gasteiger partial charge on any atom is -0.458 e. The number of esters is 1. The predicted octanol–water partition coefficient (Wildman–Crippen LogP) is 3.73. The fourth-order valence-corrected chi connectivity index (χ4v) is 8.30. The van der Waals surface area contributed by atoms with Crippen LogP contribution in [-0.4, -0.2) is 29.1 Å². The molecule has 4 aliphatic carbocycles. The molecule has 0 radical (unpaired) electrons. The van der Waals surface area contributed by atoms with Gasteiger partial charge in [-0.25, -0.2) is 0 Å². The second-order valence-electron chi connectivity index (χ2n) is 10.2. The highest BCUT2D eigenvalue weighted by Crippen LogP contribution is 2.77. The maximum absolute atomic E-state index is 12.0. The van der Waals surface area contributed by atoms with Crippen LogP contribution >= 0.6 is 0 Å². The maximum Gasteiger partial charge on any atom is 0.306 e. The molecule has 4 heteroatoms. The van der Waals surface area contributed by atoms with Gasteiger partial charge in [0.15, 0.2) is 5.78 Å². The molecule has 5 unspecified atom stereocenters. The smallest absolute Gasteiger partial charge is 0.306 e. The van der Waals surface area contributed by atoms with E-state index >= 15 is 0 Å². The quantitative estimate of drug-likeness (QED) is 0.490. The Morgan fingerprint density at radius 2 is 1.85 bits per heavy atom. The molecule has 5 fully saturated rings. The number of hydrogen-bond donors (Lipinski definition) is 0. The molecule has 0 bridgehead atoms. The van der Waals surface area contributed by atoms with Crippen LogP contribution in [0.15, 0.2) is 11.6 Å². The molecular formula is C22H28O4. The molecular weight excluding hydrogens is 328 g/mol. The summed E-state index contributed by atoms with van der Waals surface area (Å²) in [4.78, 5) is 24.0. The molecule has 140 valence electrons. The van der Waals surface area contributed by atoms with E-state index in [0.717, 1.165) is 44.9 Å². The molecule has 0 amide bonds. The van der Waals surface area contributed by atoms with Gasteiger partial charge in [0.1, 0.15) is 11.2 Å². The lowest BCUT2D eigenvalue weighted by molar-refractivity contribution is -0.164. The van der Waals surface area contributed by atoms with E-state index in [0.29, 0.717) is 30.5 Å². The van der Waals surface area contributed by atoms with Gasteiger partial charge < -0.3 is 9.47 Å². The Balaban J connectivity index is 1.42. The van der Waals surface area contributed by atoms with E-state index in [2.05, 4.69) is 13.8 Å². The summed E-state index contributed by atoms with van der Waals surface area (Å²) in [6, 6.07) is 0. The van der Waals surface area contributed by atoms with Crippen LogP contribution in [0, 0.1) is 22.7 Å². The van der Waals surface area contributed by atoms with Crippen molar-refractivity contribution >= 4 is 11.8 Å². The van der Waals surface area contributed by atoms with Crippen LogP contribution in [0.5, 0.6) is 0 Å². The molecule has 0 aromatic rings. The highest BCUT2D eigenvalue weighted by Gasteiger charge is 2.81. The van der Waals surface area contributed by atoms with Gasteiger partial charge in [0.25, 0.3) is 0 Å². The van der Waals surface area contributed by atoms with Crippen LogP contribution in [0.1, 0.15) is 71.6 Å². The van der Waals surface area contributed by atoms with Crippen molar-refractivity contribution in [2.45, 2.75) is 88.9 Å². The van der Waals surface area contributed by atoms with Gasteiger partial charge in [0, 0.05) is 23.7 Å². The van der Waals surface area contributed by atoms with E-state index in [4.69, 9.17) is 9.47 Å². The second kappa shape index (κ2) is 4.45. The molecule has 0 aromatic carbocycles. The molecule has 7 atom stereocenters. The number of rotatable bonds is 0. The average Bonchev–Trinajstić information content (AvgIpc) is 3.08. The van der Waals surface area contributed by atoms with Crippen molar-refractivity contribution in [1.82, 2.24) is 0 Å². The van der Waals surface area contributed by atoms with Crippen molar-refractivity contribution in [2.24, 2.45) is 22.7 Å². The Bertz CT molecular complexity index is 770. The first kappa shape index (κ1) is 15.9. The molecule has 6 rings (SSSR count). The van der Waals surface area contributed by atoms with Crippen LogP contribution in [0.3, 0.4) is 0 Å². The monoisotopic (exact) mass is 356 g/mol. The maximum atomic E-state index is 12.0. The highest BCUT2D eigenvalue weighted by molar-refractivity contribution is 5.91. The number of carbonyl (C=O) groups is 2. The van der Waals surface area contributed by atoms with Gasteiger partial charge in [-0.15, -0.1) is 0 Å². The first-order chi connectivity index (χ1) is 12.3. The largest absolute Gasteiger partial charge is 0.458 e. The number of carbonyl (C=O) groups excluding carboxylic acids is 2. The zero-order chi connectivity index (χ0) is 17.9. The van der Waals surface area contributed by atoms with Crippen molar-refractivity contribution in [2.75, 3.05) is 0 Å². The number of epoxide rings is 1. The molecule has 6 aliphatic rings. The third kappa shape index (κ3) is 1.51. The summed E-state index contributed by atoms with van der Waals surface area (Å²) in [5.41, 5.74) is 1.12. The predicted molar refractivity (Wildman–Crippen MR) is 94.3 cm³/mol. The standard InChI is InChI=1S/C22H28O4/c1-19-8-5-14(23)11-13(19)3-4-16-15-6-9-21(10-7-18(24)26-21)20(15,2)12-17-22(16,19)25-17/h11,15-17H,3-10,12H2,1-2H3/t15?,16?,17?,19?,20?,21-,22+/m1/s1. The Hall–Kier alpha value is -1.16. The minimum atomic E-state index is -0.244. The normalized spacial score (nSPS) is 57.0. The fraction of sp³-hybridized carbons (Fsp3) is 0.818. The zero-order valence-electron chi connectivity index (χ0n) is 15.8. The van der Waals surface area contributed by atoms with Gasteiger partial charge in [0.05, 0.1) is 6.10 Å². The Labute approximate surface area is 154 Å². The molecule has 2 aliphatic heterocycles. The summed E-state index contributed by atoms with van der Waals surface area (Å²) in [5, 5.41) is 0. The van der Waals surface area contributed by atoms with Crippen LogP contribution in [-0.2, 0) is 19.1 Å². The molecule has 2 heterocycles. The summed E-state index contributed by atoms with van der Waals surface area (Å²) in [7, 11) is 0. The minimum absolute atomic E-state index is 0.00737. The van der Waals surface area contributed by atoms with Gasteiger partial charge in [-0.1, -0.05) is 19.4 Å². The van der Waals surface area contributed by atoms with Gasteiger partial charge in [-0.2, -0.15) is 0 Å². The molecule has 2 spiro atoms. The number of ketones is 1. The lowest BCUT2D eigenvalue weighted by Crippen LogP contribution is -2.59. The molecule has 3 saturated carbocycles. The third-order valence-corrected chi connectivity index (χ3v) is 9.67. The first-order valence-corrected chi connectivity index (χ1v) is 10.5. The lowest BCUT2D eigenvalue weighted by Gasteiger charge is -2.56. The van der Waals surface area contributed by atoms with Crippen molar-refractivity contribution in [3.8, 4) is 0 Å². The van der Waals surface area contributed by atoms with E-state index in [-0.39, 0.29) is 34.1 Å². The highest BCUT2D eigenvalue weighted by atomic mass is 16.6.